The Bertz CT molecular complexity index is 1540. The minimum absolute atomic E-state index is 0.137. The summed E-state index contributed by atoms with van der Waals surface area (Å²) in [6.45, 7) is -0.326. The minimum atomic E-state index is -4.73. The summed E-state index contributed by atoms with van der Waals surface area (Å²) in [5, 5.41) is 13.7. The average Bonchev–Trinajstić information content (AvgIpc) is 3.16. The lowest BCUT2D eigenvalue weighted by molar-refractivity contribution is -0.137. The van der Waals surface area contributed by atoms with E-state index in [9.17, 15) is 26.4 Å². The van der Waals surface area contributed by atoms with Crippen LogP contribution >= 0.6 is 11.6 Å². The summed E-state index contributed by atoms with van der Waals surface area (Å²) in [7, 11) is -2.70. The van der Waals surface area contributed by atoms with Crippen molar-refractivity contribution >= 4 is 44.3 Å². The Labute approximate surface area is 202 Å². The zero-order valence-electron chi connectivity index (χ0n) is 17.9. The summed E-state index contributed by atoms with van der Waals surface area (Å²) in [4.78, 5) is 14.6. The highest BCUT2D eigenvalue weighted by Gasteiger charge is 2.34. The SMILES string of the molecule is Cn1cc2ccc(CN(c3ncc(C(F)(F)F)cc3Cl)S(=O)(=O)c3ccc(C(=O)O)cc3)cc2n1. The van der Waals surface area contributed by atoms with E-state index in [-0.39, 0.29) is 17.0 Å². The number of aromatic nitrogens is 3. The van der Waals surface area contributed by atoms with Crippen molar-refractivity contribution in [2.24, 2.45) is 7.05 Å². The van der Waals surface area contributed by atoms with Crippen LogP contribution < -0.4 is 4.31 Å². The summed E-state index contributed by atoms with van der Waals surface area (Å²) in [6.07, 6.45) is -2.46. The van der Waals surface area contributed by atoms with Crippen molar-refractivity contribution in [1.29, 1.82) is 0 Å². The largest absolute Gasteiger partial charge is 0.478 e. The van der Waals surface area contributed by atoms with E-state index in [1.807, 2.05) is 0 Å². The van der Waals surface area contributed by atoms with Crippen molar-refractivity contribution in [2.75, 3.05) is 4.31 Å². The van der Waals surface area contributed by atoms with E-state index in [4.69, 9.17) is 16.7 Å². The topological polar surface area (TPSA) is 105 Å². The molecule has 2 heterocycles. The molecule has 4 aromatic rings. The quantitative estimate of drug-likeness (QED) is 0.391. The number of hydrogen-bond donors (Lipinski definition) is 1. The molecule has 0 bridgehead atoms. The van der Waals surface area contributed by atoms with Gasteiger partial charge in [0.05, 0.1) is 33.1 Å². The summed E-state index contributed by atoms with van der Waals surface area (Å²) in [5.74, 6) is -1.66. The molecule has 0 radical (unpaired) electrons. The zero-order valence-corrected chi connectivity index (χ0v) is 19.4. The number of benzene rings is 2. The molecule has 0 saturated heterocycles. The number of rotatable bonds is 6. The number of aromatic carboxylic acids is 1. The first-order valence-electron chi connectivity index (χ1n) is 9.87. The van der Waals surface area contributed by atoms with Gasteiger partial charge in [-0.05, 0) is 42.0 Å². The number of carboxylic acid groups (broad SMARTS) is 1. The fraction of sp³-hybridized carbons (Fsp3) is 0.136. The van der Waals surface area contributed by atoms with Crippen LogP contribution in [0.1, 0.15) is 21.5 Å². The Balaban J connectivity index is 1.83. The first kappa shape index (κ1) is 24.5. The normalized spacial score (nSPS) is 12.1. The van der Waals surface area contributed by atoms with Crippen LogP contribution in [0.25, 0.3) is 10.9 Å². The van der Waals surface area contributed by atoms with E-state index in [0.717, 1.165) is 34.0 Å². The maximum absolute atomic E-state index is 13.6. The number of nitrogens with zero attached hydrogens (tertiary/aromatic N) is 4. The lowest BCUT2D eigenvalue weighted by atomic mass is 10.1. The second kappa shape index (κ2) is 8.86. The van der Waals surface area contributed by atoms with E-state index in [2.05, 4.69) is 10.1 Å². The molecule has 0 aliphatic heterocycles. The number of anilines is 1. The van der Waals surface area contributed by atoms with Crippen LogP contribution in [0.2, 0.25) is 5.02 Å². The van der Waals surface area contributed by atoms with Gasteiger partial charge in [-0.1, -0.05) is 23.7 Å². The van der Waals surface area contributed by atoms with Crippen molar-refractivity contribution in [2.45, 2.75) is 17.6 Å². The Kier molecular flexibility index (Phi) is 6.20. The van der Waals surface area contributed by atoms with Crippen molar-refractivity contribution in [3.63, 3.8) is 0 Å². The van der Waals surface area contributed by atoms with Gasteiger partial charge in [-0.15, -0.1) is 0 Å². The number of pyridine rings is 1. The van der Waals surface area contributed by atoms with Gasteiger partial charge in [0.15, 0.2) is 5.82 Å². The molecule has 8 nitrogen and oxygen atoms in total. The van der Waals surface area contributed by atoms with Crippen molar-refractivity contribution in [3.05, 3.63) is 82.6 Å². The molecular formula is C22H16ClF3N4O4S. The molecule has 2 aromatic carbocycles. The summed E-state index contributed by atoms with van der Waals surface area (Å²) in [6, 6.07) is 10.0. The number of sulfonamides is 1. The van der Waals surface area contributed by atoms with Crippen LogP contribution in [-0.2, 0) is 29.8 Å². The van der Waals surface area contributed by atoms with Crippen LogP contribution in [0.3, 0.4) is 0 Å². The molecule has 0 aliphatic rings. The Morgan fingerprint density at radius 2 is 1.83 bits per heavy atom. The highest BCUT2D eigenvalue weighted by Crippen LogP contribution is 2.36. The fourth-order valence-electron chi connectivity index (χ4n) is 3.39. The molecule has 0 aliphatic carbocycles. The van der Waals surface area contributed by atoms with Gasteiger partial charge in [0, 0.05) is 24.8 Å². The van der Waals surface area contributed by atoms with Gasteiger partial charge in [-0.3, -0.25) is 4.68 Å². The smallest absolute Gasteiger partial charge is 0.417 e. The highest BCUT2D eigenvalue weighted by atomic mass is 35.5. The molecule has 0 atom stereocenters. The third kappa shape index (κ3) is 4.93. The van der Waals surface area contributed by atoms with Gasteiger partial charge >= 0.3 is 12.1 Å². The fourth-order valence-corrected chi connectivity index (χ4v) is 5.13. The average molecular weight is 525 g/mol. The molecular weight excluding hydrogens is 509 g/mol. The molecule has 13 heteroatoms. The van der Waals surface area contributed by atoms with E-state index < -0.39 is 38.6 Å². The minimum Gasteiger partial charge on any atom is -0.478 e. The molecule has 0 fully saturated rings. The Hall–Kier alpha value is -3.64. The molecule has 0 amide bonds. The lowest BCUT2D eigenvalue weighted by Crippen LogP contribution is -2.32. The Morgan fingerprint density at radius 1 is 1.14 bits per heavy atom. The molecule has 35 heavy (non-hydrogen) atoms. The van der Waals surface area contributed by atoms with Crippen molar-refractivity contribution < 1.29 is 31.5 Å². The van der Waals surface area contributed by atoms with Crippen LogP contribution in [0.5, 0.6) is 0 Å². The lowest BCUT2D eigenvalue weighted by Gasteiger charge is -2.25. The standard InChI is InChI=1S/C22H16ClF3N4O4S/c1-29-12-15-3-2-13(8-19(15)28-29)11-30(20-18(23)9-16(10-27-20)22(24,25)26)35(33,34)17-6-4-14(5-7-17)21(31)32/h2-10,12H,11H2,1H3,(H,31,32). The molecule has 0 spiro atoms. The second-order valence-corrected chi connectivity index (χ2v) is 9.83. The predicted octanol–water partition coefficient (Wildman–Crippen LogP) is 4.73. The first-order chi connectivity index (χ1) is 16.4. The highest BCUT2D eigenvalue weighted by molar-refractivity contribution is 7.92. The molecule has 182 valence electrons. The first-order valence-corrected chi connectivity index (χ1v) is 11.7. The predicted molar refractivity (Wildman–Crippen MR) is 122 cm³/mol. The van der Waals surface area contributed by atoms with Gasteiger partial charge in [-0.25, -0.2) is 22.5 Å². The Morgan fingerprint density at radius 3 is 2.43 bits per heavy atom. The van der Waals surface area contributed by atoms with E-state index in [1.165, 1.54) is 0 Å². The number of halogens is 4. The molecule has 4 rings (SSSR count). The zero-order chi connectivity index (χ0) is 25.5. The van der Waals surface area contributed by atoms with Gasteiger partial charge in [-0.2, -0.15) is 18.3 Å². The van der Waals surface area contributed by atoms with E-state index in [0.29, 0.717) is 23.3 Å². The molecule has 1 N–H and O–H groups in total. The number of aryl methyl sites for hydroxylation is 1. The van der Waals surface area contributed by atoms with Crippen LogP contribution in [0.15, 0.2) is 65.8 Å². The third-order valence-corrected chi connectivity index (χ3v) is 7.12. The monoisotopic (exact) mass is 524 g/mol. The molecule has 2 aromatic heterocycles. The van der Waals surface area contributed by atoms with E-state index in [1.54, 1.807) is 36.1 Å². The summed E-state index contributed by atoms with van der Waals surface area (Å²) in [5.41, 5.74) is -0.217. The van der Waals surface area contributed by atoms with Gasteiger partial charge in [0.1, 0.15) is 0 Å². The van der Waals surface area contributed by atoms with Crippen molar-refractivity contribution in [3.8, 4) is 0 Å². The van der Waals surface area contributed by atoms with E-state index >= 15 is 0 Å². The molecule has 0 saturated carbocycles. The van der Waals surface area contributed by atoms with Gasteiger partial charge in [0.25, 0.3) is 10.0 Å². The van der Waals surface area contributed by atoms with Gasteiger partial charge < -0.3 is 5.11 Å². The number of fused-ring (bicyclic) bond motifs is 1. The number of carboxylic acids is 1. The third-order valence-electron chi connectivity index (χ3n) is 5.09. The van der Waals surface area contributed by atoms with Crippen LogP contribution in [-0.4, -0.2) is 34.3 Å². The maximum atomic E-state index is 13.6. The number of carbonyl (C=O) groups is 1. The number of hydrogen-bond acceptors (Lipinski definition) is 5. The summed E-state index contributed by atoms with van der Waals surface area (Å²) >= 11 is 6.09. The maximum Gasteiger partial charge on any atom is 0.417 e. The van der Waals surface area contributed by atoms with Gasteiger partial charge in [0.2, 0.25) is 0 Å². The molecule has 0 unspecified atom stereocenters. The van der Waals surface area contributed by atoms with Crippen LogP contribution in [0.4, 0.5) is 19.0 Å². The summed E-state index contributed by atoms with van der Waals surface area (Å²) < 4.78 is 68.8. The van der Waals surface area contributed by atoms with Crippen LogP contribution in [0, 0.1) is 0 Å². The van der Waals surface area contributed by atoms with Crippen molar-refractivity contribution in [1.82, 2.24) is 14.8 Å². The number of alkyl halides is 3. The second-order valence-electron chi connectivity index (χ2n) is 7.56.